The summed E-state index contributed by atoms with van der Waals surface area (Å²) in [5.74, 6) is 0. The van der Waals surface area contributed by atoms with Crippen molar-refractivity contribution in [1.29, 1.82) is 0 Å². The van der Waals surface area contributed by atoms with Crippen molar-refractivity contribution in [3.05, 3.63) is 35.5 Å². The Bertz CT molecular complexity index is 569. The summed E-state index contributed by atoms with van der Waals surface area (Å²) in [5.41, 5.74) is 1.77. The van der Waals surface area contributed by atoms with Gasteiger partial charge in [0.15, 0.2) is 0 Å². The molecule has 1 heterocycles. The molecule has 0 radical (unpaired) electrons. The highest BCUT2D eigenvalue weighted by molar-refractivity contribution is 6.35. The van der Waals surface area contributed by atoms with Crippen LogP contribution in [-0.4, -0.2) is 24.2 Å². The number of pyridine rings is 1. The number of methoxy groups -OCH3 is 1. The lowest BCUT2D eigenvalue weighted by molar-refractivity contribution is 0.0185. The minimum atomic E-state index is -0.118. The average molecular weight is 279 g/mol. The van der Waals surface area contributed by atoms with Gasteiger partial charge in [-0.1, -0.05) is 11.6 Å². The molecule has 0 aliphatic rings. The van der Waals surface area contributed by atoms with E-state index in [1.165, 1.54) is 0 Å². The number of anilines is 1. The van der Waals surface area contributed by atoms with Crippen molar-refractivity contribution in [1.82, 2.24) is 4.98 Å². The minimum absolute atomic E-state index is 0.118. The summed E-state index contributed by atoms with van der Waals surface area (Å²) in [6.07, 6.45) is 2.68. The molecule has 1 aromatic heterocycles. The van der Waals surface area contributed by atoms with Gasteiger partial charge in [0.25, 0.3) is 0 Å². The van der Waals surface area contributed by atoms with E-state index in [1.807, 2.05) is 24.3 Å². The van der Waals surface area contributed by atoms with Gasteiger partial charge in [-0.3, -0.25) is 4.98 Å². The Hall–Kier alpha value is -1.32. The van der Waals surface area contributed by atoms with Crippen LogP contribution in [0.25, 0.3) is 10.9 Å². The van der Waals surface area contributed by atoms with Crippen LogP contribution in [0.4, 0.5) is 5.69 Å². The number of halogens is 1. The molecule has 19 heavy (non-hydrogen) atoms. The molecule has 0 saturated heterocycles. The Morgan fingerprint density at radius 1 is 1.32 bits per heavy atom. The minimum Gasteiger partial charge on any atom is -0.384 e. The third kappa shape index (κ3) is 3.37. The molecule has 3 nitrogen and oxygen atoms in total. The summed E-state index contributed by atoms with van der Waals surface area (Å²) in [4.78, 5) is 4.32. The Morgan fingerprint density at radius 2 is 2.11 bits per heavy atom. The van der Waals surface area contributed by atoms with E-state index in [9.17, 15) is 0 Å². The van der Waals surface area contributed by atoms with Crippen LogP contribution in [-0.2, 0) is 4.74 Å². The van der Waals surface area contributed by atoms with Crippen LogP contribution in [0.5, 0.6) is 0 Å². The number of nitrogens with zero attached hydrogens (tertiary/aromatic N) is 1. The van der Waals surface area contributed by atoms with Gasteiger partial charge in [-0.15, -0.1) is 0 Å². The molecule has 1 aromatic carbocycles. The quantitative estimate of drug-likeness (QED) is 0.893. The van der Waals surface area contributed by atoms with E-state index in [4.69, 9.17) is 16.3 Å². The summed E-state index contributed by atoms with van der Waals surface area (Å²) in [6.45, 7) is 5.00. The van der Waals surface area contributed by atoms with Crippen LogP contribution in [0.1, 0.15) is 20.3 Å². The van der Waals surface area contributed by atoms with Gasteiger partial charge in [-0.2, -0.15) is 0 Å². The summed E-state index contributed by atoms with van der Waals surface area (Å²) in [7, 11) is 1.74. The maximum atomic E-state index is 6.15. The third-order valence-electron chi connectivity index (χ3n) is 3.32. The van der Waals surface area contributed by atoms with Gasteiger partial charge in [0, 0.05) is 30.9 Å². The highest BCUT2D eigenvalue weighted by Crippen LogP contribution is 2.28. The molecule has 0 unspecified atom stereocenters. The Balaban J connectivity index is 2.16. The number of nitrogens with one attached hydrogen (secondary N) is 1. The highest BCUT2D eigenvalue weighted by Gasteiger charge is 2.15. The first-order valence-electron chi connectivity index (χ1n) is 6.36. The smallest absolute Gasteiger partial charge is 0.0908 e. The van der Waals surface area contributed by atoms with Gasteiger partial charge in [0.2, 0.25) is 0 Å². The molecular weight excluding hydrogens is 260 g/mol. The molecular formula is C15H19ClN2O. The molecule has 0 spiro atoms. The Labute approximate surface area is 118 Å². The molecule has 2 aromatic rings. The first kappa shape index (κ1) is 14.1. The van der Waals surface area contributed by atoms with Crippen molar-refractivity contribution in [3.8, 4) is 0 Å². The van der Waals surface area contributed by atoms with E-state index in [0.29, 0.717) is 5.02 Å². The molecule has 102 valence electrons. The maximum absolute atomic E-state index is 6.15. The predicted molar refractivity (Wildman–Crippen MR) is 80.9 cm³/mol. The molecule has 0 amide bonds. The molecule has 1 N–H and O–H groups in total. The summed E-state index contributed by atoms with van der Waals surface area (Å²) in [6, 6.07) is 7.81. The van der Waals surface area contributed by atoms with E-state index in [2.05, 4.69) is 24.1 Å². The van der Waals surface area contributed by atoms with Crippen LogP contribution >= 0.6 is 11.6 Å². The van der Waals surface area contributed by atoms with Crippen molar-refractivity contribution >= 4 is 28.2 Å². The molecule has 0 bridgehead atoms. The first-order valence-corrected chi connectivity index (χ1v) is 6.73. The van der Waals surface area contributed by atoms with Gasteiger partial charge >= 0.3 is 0 Å². The number of hydrogen-bond acceptors (Lipinski definition) is 3. The van der Waals surface area contributed by atoms with Crippen LogP contribution in [0.15, 0.2) is 30.5 Å². The summed E-state index contributed by atoms with van der Waals surface area (Å²) in [5, 5.41) is 5.15. The topological polar surface area (TPSA) is 34.1 Å². The second-order valence-corrected chi connectivity index (χ2v) is 5.54. The summed E-state index contributed by atoms with van der Waals surface area (Å²) < 4.78 is 5.41. The van der Waals surface area contributed by atoms with Crippen molar-refractivity contribution < 1.29 is 4.74 Å². The zero-order valence-electron chi connectivity index (χ0n) is 11.5. The fourth-order valence-corrected chi connectivity index (χ4v) is 2.11. The van der Waals surface area contributed by atoms with Gasteiger partial charge in [-0.25, -0.2) is 0 Å². The fourth-order valence-electron chi connectivity index (χ4n) is 1.89. The normalized spacial score (nSPS) is 11.8. The standard InChI is InChI=1S/C15H19ClN2O/c1-15(2,19-3)8-10-17-13-7-6-12(16)14-11(13)5-4-9-18-14/h4-7,9,17H,8,10H2,1-3H3. The number of rotatable bonds is 5. The average Bonchev–Trinajstić information content (AvgIpc) is 2.42. The third-order valence-corrected chi connectivity index (χ3v) is 3.62. The monoisotopic (exact) mass is 278 g/mol. The predicted octanol–water partition coefficient (Wildman–Crippen LogP) is 4.12. The highest BCUT2D eigenvalue weighted by atomic mass is 35.5. The number of ether oxygens (including phenoxy) is 1. The van der Waals surface area contributed by atoms with Gasteiger partial charge in [0.1, 0.15) is 0 Å². The van der Waals surface area contributed by atoms with E-state index in [0.717, 1.165) is 29.6 Å². The van der Waals surface area contributed by atoms with Crippen LogP contribution in [0, 0.1) is 0 Å². The van der Waals surface area contributed by atoms with Crippen LogP contribution in [0.2, 0.25) is 5.02 Å². The lowest BCUT2D eigenvalue weighted by atomic mass is 10.1. The SMILES string of the molecule is COC(C)(C)CCNc1ccc(Cl)c2ncccc12. The van der Waals surface area contributed by atoms with Crippen LogP contribution < -0.4 is 5.32 Å². The Morgan fingerprint density at radius 3 is 2.84 bits per heavy atom. The lowest BCUT2D eigenvalue weighted by Gasteiger charge is -2.23. The molecule has 0 atom stereocenters. The molecule has 0 fully saturated rings. The molecule has 0 aliphatic heterocycles. The molecule has 0 aliphatic carbocycles. The summed E-state index contributed by atoms with van der Waals surface area (Å²) >= 11 is 6.15. The molecule has 0 saturated carbocycles. The van der Waals surface area contributed by atoms with Crippen molar-refractivity contribution in [2.45, 2.75) is 25.9 Å². The first-order chi connectivity index (χ1) is 9.03. The van der Waals surface area contributed by atoms with Gasteiger partial charge in [-0.05, 0) is 44.5 Å². The molecule has 2 rings (SSSR count). The van der Waals surface area contributed by atoms with Crippen molar-refractivity contribution in [3.63, 3.8) is 0 Å². The van der Waals surface area contributed by atoms with E-state index in [-0.39, 0.29) is 5.60 Å². The van der Waals surface area contributed by atoms with E-state index in [1.54, 1.807) is 13.3 Å². The van der Waals surface area contributed by atoms with Crippen LogP contribution in [0.3, 0.4) is 0 Å². The number of aromatic nitrogens is 1. The zero-order chi connectivity index (χ0) is 13.9. The van der Waals surface area contributed by atoms with Gasteiger partial charge in [0.05, 0.1) is 16.1 Å². The second kappa shape index (κ2) is 5.76. The maximum Gasteiger partial charge on any atom is 0.0908 e. The largest absolute Gasteiger partial charge is 0.384 e. The second-order valence-electron chi connectivity index (χ2n) is 5.14. The van der Waals surface area contributed by atoms with Crippen molar-refractivity contribution in [2.75, 3.05) is 19.0 Å². The van der Waals surface area contributed by atoms with E-state index >= 15 is 0 Å². The number of fused-ring (bicyclic) bond motifs is 1. The van der Waals surface area contributed by atoms with Gasteiger partial charge < -0.3 is 10.1 Å². The number of hydrogen-bond donors (Lipinski definition) is 1. The zero-order valence-corrected chi connectivity index (χ0v) is 12.3. The fraction of sp³-hybridized carbons (Fsp3) is 0.400. The Kier molecular flexibility index (Phi) is 4.27. The van der Waals surface area contributed by atoms with Crippen molar-refractivity contribution in [2.24, 2.45) is 0 Å². The van der Waals surface area contributed by atoms with E-state index < -0.39 is 0 Å². The molecule has 4 heteroatoms. The number of benzene rings is 1. The lowest BCUT2D eigenvalue weighted by Crippen LogP contribution is -2.25.